The molecule has 0 unspecified atom stereocenters. The number of piperazine rings is 4. The number of likely N-dealkylation sites (N-methyl/N-ethyl adjacent to an activating group) is 1. The van der Waals surface area contributed by atoms with Crippen LogP contribution in [0.15, 0.2) is 140 Å². The van der Waals surface area contributed by atoms with E-state index in [-0.39, 0.29) is 88.7 Å². The number of amides is 8. The number of fused-ring (bicyclic) bond motifs is 2. The van der Waals surface area contributed by atoms with E-state index in [0.717, 1.165) is 78.7 Å². The van der Waals surface area contributed by atoms with Crippen LogP contribution in [0.4, 0.5) is 17.6 Å². The predicted octanol–water partition coefficient (Wildman–Crippen LogP) is 6.67. The van der Waals surface area contributed by atoms with Gasteiger partial charge >= 0.3 is 0 Å². The van der Waals surface area contributed by atoms with Gasteiger partial charge in [0.15, 0.2) is 0 Å². The molecule has 526 valence electrons. The van der Waals surface area contributed by atoms with Gasteiger partial charge < -0.3 is 69.7 Å². The zero-order chi connectivity index (χ0) is 71.4. The van der Waals surface area contributed by atoms with Gasteiger partial charge in [-0.05, 0) is 102 Å². The Kier molecular flexibility index (Phi) is 25.7. The number of aromatic nitrogens is 2. The molecule has 0 aliphatic carbocycles. The quantitative estimate of drug-likeness (QED) is 0.0433. The first-order valence-corrected chi connectivity index (χ1v) is 32.6. The number of likely N-dealkylation sites (tertiary alicyclic amines) is 1. The molecule has 0 radical (unpaired) electrons. The molecule has 2 aromatic heterocycles. The van der Waals surface area contributed by atoms with E-state index in [2.05, 4.69) is 25.9 Å². The molecule has 8 aromatic rings. The normalized spacial score (nSPS) is 15.5. The zero-order valence-electron chi connectivity index (χ0n) is 56.1. The number of ether oxygens (including phenoxy) is 2. The van der Waals surface area contributed by atoms with Crippen LogP contribution in [-0.4, -0.2) is 211 Å². The minimum atomic E-state index is -0.700. The summed E-state index contributed by atoms with van der Waals surface area (Å²) in [5, 5.41) is 9.93. The Morgan fingerprint density at radius 2 is 0.930 bits per heavy atom. The number of piperidine rings is 1. The van der Waals surface area contributed by atoms with Crippen LogP contribution in [0.5, 0.6) is 11.5 Å². The van der Waals surface area contributed by atoms with Gasteiger partial charge in [-0.3, -0.25) is 43.2 Å². The Balaban J connectivity index is 0.000000158. The summed E-state index contributed by atoms with van der Waals surface area (Å²) >= 11 is 0. The number of carbonyl (C=O) groups excluding carboxylic acids is 9. The van der Waals surface area contributed by atoms with Crippen LogP contribution in [0.2, 0.25) is 0 Å². The maximum atomic E-state index is 13.4. The fraction of sp³-hybridized carbons (Fsp3) is 0.329. The Morgan fingerprint density at radius 1 is 0.470 bits per heavy atom. The molecule has 23 nitrogen and oxygen atoms in total. The van der Waals surface area contributed by atoms with Crippen LogP contribution in [-0.2, 0) is 54.9 Å². The molecule has 0 bridgehead atoms. The number of ketones is 1. The molecular formula is C73H80F4N12O11. The average molecular weight is 1380 g/mol. The summed E-state index contributed by atoms with van der Waals surface area (Å²) in [6.45, 7) is 8.21. The topological polar surface area (TPSA) is 262 Å². The highest BCUT2D eigenvalue weighted by Gasteiger charge is 2.33. The van der Waals surface area contributed by atoms with E-state index >= 15 is 0 Å². The molecule has 5 fully saturated rings. The lowest BCUT2D eigenvalue weighted by Gasteiger charge is -2.34. The van der Waals surface area contributed by atoms with Gasteiger partial charge in [0.25, 0.3) is 23.5 Å². The van der Waals surface area contributed by atoms with Crippen molar-refractivity contribution < 1.29 is 70.2 Å². The number of hydrogen-bond acceptors (Lipinski definition) is 13. The molecule has 7 heterocycles. The number of nitrogens with zero attached hydrogens (tertiary/aromatic N) is 7. The summed E-state index contributed by atoms with van der Waals surface area (Å²) in [6, 6.07) is 33.2. The van der Waals surface area contributed by atoms with Crippen molar-refractivity contribution in [1.82, 2.24) is 60.2 Å². The number of aromatic amines is 2. The second kappa shape index (κ2) is 35.0. The maximum absolute atomic E-state index is 13.4. The van der Waals surface area contributed by atoms with E-state index in [4.69, 9.17) is 9.47 Å². The van der Waals surface area contributed by atoms with Crippen molar-refractivity contribution in [3.63, 3.8) is 0 Å². The van der Waals surface area contributed by atoms with Crippen LogP contribution < -0.4 is 25.4 Å². The molecular weight excluding hydrogens is 1300 g/mol. The molecule has 5 saturated heterocycles. The second-order valence-corrected chi connectivity index (χ2v) is 24.3. The van der Waals surface area contributed by atoms with Gasteiger partial charge in [0, 0.05) is 152 Å². The molecule has 100 heavy (non-hydrogen) atoms. The van der Waals surface area contributed by atoms with Gasteiger partial charge in [-0.1, -0.05) is 48.5 Å². The SMILES string of the molecule is COc1cc2[nH]cc(C(=O)C(=O)N(C)C)c2cc1C(=O)N1CCN(Cc2ccc(F)cc2)C(=O)C1.COc1cc2[nH]ccc2cc1C(=O)N1CCN(Cc2ccc(F)cc2)C(=O)C1.O=C1CCCCN1Cc1ccc(F)cc1.O=C1CNCCN1.O=C1CNCCN1Cc1ccc(F)cc1. The van der Waals surface area contributed by atoms with Crippen molar-refractivity contribution in [3.05, 3.63) is 202 Å². The Bertz CT molecular complexity index is 4130. The standard InChI is InChI=1S/C25H25FN4O5.C21H20FN3O3.C12H14FNO.C11H13FN2O.C4H8N2O/c1-28(2)25(34)23(32)19-12-27-20-11-21(35-3)18(10-17(19)20)24(33)30-9-8-29(22(31)14-30)13-15-4-6-16(26)7-5-15;1-28-19-11-18-15(6-7-23-18)10-17(19)21(27)25-9-8-24(20(26)13-25)12-14-2-4-16(22)5-3-14;13-11-6-4-10(5-7-11)9-14-8-2-1-3-12(14)15;12-10-3-1-9(2-4-10)8-14-6-5-13-7-11(14)15;7-4-3-5-1-2-6-4/h4-7,10-12,27H,8-9,13-14H2,1-3H3;2-7,10-11,23H,8-9,12-13H2,1H3;4-7H,1-3,8-9H2;1-4,13H,5-8H2;5H,1-3H2,(H,6,7). The molecule has 5 aliphatic heterocycles. The summed E-state index contributed by atoms with van der Waals surface area (Å²) in [5.41, 5.74) is 5.80. The Hall–Kier alpha value is -10.9. The highest BCUT2D eigenvalue weighted by Crippen LogP contribution is 2.31. The van der Waals surface area contributed by atoms with Gasteiger partial charge in [0.1, 0.15) is 47.9 Å². The van der Waals surface area contributed by atoms with Crippen LogP contribution in [0.3, 0.4) is 0 Å². The number of nitrogens with one attached hydrogen (secondary N) is 5. The number of methoxy groups -OCH3 is 2. The monoisotopic (exact) mass is 1380 g/mol. The van der Waals surface area contributed by atoms with Gasteiger partial charge in [0.2, 0.25) is 29.5 Å². The van der Waals surface area contributed by atoms with Gasteiger partial charge in [0.05, 0.1) is 44.0 Å². The Morgan fingerprint density at radius 3 is 1.35 bits per heavy atom. The summed E-state index contributed by atoms with van der Waals surface area (Å²) in [5.74, 6) is -2.35. The van der Waals surface area contributed by atoms with Crippen LogP contribution in [0.1, 0.15) is 72.6 Å². The van der Waals surface area contributed by atoms with Crippen LogP contribution in [0, 0.1) is 23.3 Å². The van der Waals surface area contributed by atoms with E-state index in [1.165, 1.54) is 98.9 Å². The van der Waals surface area contributed by atoms with Crippen molar-refractivity contribution in [2.75, 3.05) is 113 Å². The predicted molar refractivity (Wildman–Crippen MR) is 364 cm³/mol. The molecule has 0 saturated carbocycles. The first kappa shape index (κ1) is 73.3. The summed E-state index contributed by atoms with van der Waals surface area (Å²) in [6.07, 6.45) is 5.96. The van der Waals surface area contributed by atoms with E-state index in [1.54, 1.807) is 92.5 Å². The minimum absolute atomic E-state index is 0.00829. The lowest BCUT2D eigenvalue weighted by Crippen LogP contribution is -2.51. The van der Waals surface area contributed by atoms with E-state index in [9.17, 15) is 60.7 Å². The number of hydrogen-bond donors (Lipinski definition) is 5. The third kappa shape index (κ3) is 19.9. The van der Waals surface area contributed by atoms with Crippen molar-refractivity contribution in [1.29, 1.82) is 0 Å². The van der Waals surface area contributed by atoms with Crippen LogP contribution in [0.25, 0.3) is 21.8 Å². The highest BCUT2D eigenvalue weighted by molar-refractivity contribution is 6.44. The largest absolute Gasteiger partial charge is 0.496 e. The number of carbonyl (C=O) groups is 9. The molecule has 0 atom stereocenters. The Labute approximate surface area is 575 Å². The molecule has 13 rings (SSSR count). The van der Waals surface area contributed by atoms with Gasteiger partial charge in [-0.25, -0.2) is 17.6 Å². The number of Topliss-reactive ketones (excluding diaryl/α,β-unsaturated/α-hetero) is 1. The molecule has 0 spiro atoms. The van der Waals surface area contributed by atoms with E-state index in [1.807, 2.05) is 11.0 Å². The fourth-order valence-electron chi connectivity index (χ4n) is 11.5. The molecule has 5 N–H and O–H groups in total. The smallest absolute Gasteiger partial charge is 0.294 e. The number of rotatable bonds is 14. The summed E-state index contributed by atoms with van der Waals surface area (Å²) in [4.78, 5) is 127. The van der Waals surface area contributed by atoms with E-state index in [0.29, 0.717) is 94.1 Å². The zero-order valence-corrected chi connectivity index (χ0v) is 56.1. The maximum Gasteiger partial charge on any atom is 0.294 e. The van der Waals surface area contributed by atoms with Crippen LogP contribution >= 0.6 is 0 Å². The number of benzene rings is 6. The second-order valence-electron chi connectivity index (χ2n) is 24.3. The van der Waals surface area contributed by atoms with Crippen molar-refractivity contribution in [2.45, 2.75) is 45.4 Å². The highest BCUT2D eigenvalue weighted by atomic mass is 19.1. The number of H-pyrrole nitrogens is 2. The number of halogens is 4. The minimum Gasteiger partial charge on any atom is -0.496 e. The van der Waals surface area contributed by atoms with E-state index < -0.39 is 17.6 Å². The first-order chi connectivity index (χ1) is 48.1. The average Bonchev–Trinajstić information content (AvgIpc) is 1.55. The summed E-state index contributed by atoms with van der Waals surface area (Å²) in [7, 11) is 5.92. The lowest BCUT2D eigenvalue weighted by atomic mass is 10.0. The fourth-order valence-corrected chi connectivity index (χ4v) is 11.5. The molecule has 27 heteroatoms. The lowest BCUT2D eigenvalue weighted by molar-refractivity contribution is -0.136. The van der Waals surface area contributed by atoms with Crippen molar-refractivity contribution in [3.8, 4) is 11.5 Å². The van der Waals surface area contributed by atoms with Gasteiger partial charge in [-0.2, -0.15) is 0 Å². The van der Waals surface area contributed by atoms with Crippen molar-refractivity contribution >= 4 is 74.8 Å². The molecule has 5 aliphatic rings. The third-order valence-corrected chi connectivity index (χ3v) is 17.1. The van der Waals surface area contributed by atoms with Gasteiger partial charge in [-0.15, -0.1) is 0 Å². The van der Waals surface area contributed by atoms with Crippen molar-refractivity contribution in [2.24, 2.45) is 0 Å². The molecule has 6 aromatic carbocycles. The first-order valence-electron chi connectivity index (χ1n) is 32.6. The molecule has 8 amide bonds. The summed E-state index contributed by atoms with van der Waals surface area (Å²) < 4.78 is 62.3. The third-order valence-electron chi connectivity index (χ3n) is 17.1.